The van der Waals surface area contributed by atoms with E-state index in [1.54, 1.807) is 35.2 Å². The molecule has 2 heterocycles. The largest absolute Gasteiger partial charge is 0.326 e. The molecule has 1 aliphatic carbocycles. The average molecular weight is 434 g/mol. The third-order valence-corrected chi connectivity index (χ3v) is 7.25. The number of amides is 2. The number of halogens is 3. The summed E-state index contributed by atoms with van der Waals surface area (Å²) in [7, 11) is 0. The number of anilines is 2. The van der Waals surface area contributed by atoms with Crippen molar-refractivity contribution in [2.45, 2.75) is 37.1 Å². The fourth-order valence-electron chi connectivity index (χ4n) is 4.77. The maximum Gasteiger partial charge on any atom is 0.326 e. The lowest BCUT2D eigenvalue weighted by atomic mass is 9.74. The molecule has 2 fully saturated rings. The molecular weight excluding hydrogens is 412 g/mol. The number of nitrogens with one attached hydrogen (secondary N) is 1. The smallest absolute Gasteiger partial charge is 0.307 e. The van der Waals surface area contributed by atoms with Crippen LogP contribution < -0.4 is 10.2 Å². The van der Waals surface area contributed by atoms with Gasteiger partial charge >= 0.3 is 6.03 Å². The summed E-state index contributed by atoms with van der Waals surface area (Å²) in [5, 5.41) is 3.73. The van der Waals surface area contributed by atoms with E-state index in [1.807, 2.05) is 0 Å². The molecular formula is C22H22Cl2FN3O. The Bertz CT molecular complexity index is 971. The minimum Gasteiger partial charge on any atom is -0.307 e. The fraction of sp³-hybridized carbons (Fsp3) is 0.409. The van der Waals surface area contributed by atoms with E-state index in [-0.39, 0.29) is 17.3 Å². The van der Waals surface area contributed by atoms with Gasteiger partial charge in [-0.05, 0) is 80.7 Å². The Hall–Kier alpha value is -1.82. The van der Waals surface area contributed by atoms with Gasteiger partial charge in [-0.2, -0.15) is 0 Å². The zero-order valence-electron chi connectivity index (χ0n) is 15.9. The second kappa shape index (κ2) is 7.15. The topological polar surface area (TPSA) is 35.6 Å². The predicted octanol–water partition coefficient (Wildman–Crippen LogP) is 5.68. The molecule has 2 aliphatic heterocycles. The van der Waals surface area contributed by atoms with Gasteiger partial charge < -0.3 is 10.2 Å². The number of hydrogen-bond acceptors (Lipinski definition) is 2. The normalized spacial score (nSPS) is 20.7. The number of carbonyl (C=O) groups is 1. The first-order chi connectivity index (χ1) is 13.9. The molecule has 3 aliphatic rings. The van der Waals surface area contributed by atoms with E-state index in [0.717, 1.165) is 43.2 Å². The summed E-state index contributed by atoms with van der Waals surface area (Å²) >= 11 is 12.0. The number of hydrogen-bond donors (Lipinski definition) is 1. The molecule has 1 saturated heterocycles. The molecule has 0 bridgehead atoms. The van der Waals surface area contributed by atoms with Crippen LogP contribution in [0.5, 0.6) is 0 Å². The third-order valence-electron chi connectivity index (χ3n) is 6.52. The lowest BCUT2D eigenvalue weighted by Crippen LogP contribution is -2.47. The molecule has 29 heavy (non-hydrogen) atoms. The summed E-state index contributed by atoms with van der Waals surface area (Å²) in [5.41, 5.74) is 2.15. The minimum absolute atomic E-state index is 0.183. The van der Waals surface area contributed by atoms with Gasteiger partial charge in [0.2, 0.25) is 0 Å². The van der Waals surface area contributed by atoms with Gasteiger partial charge in [0.25, 0.3) is 0 Å². The summed E-state index contributed by atoms with van der Waals surface area (Å²) in [6.45, 7) is 2.57. The predicted molar refractivity (Wildman–Crippen MR) is 115 cm³/mol. The molecule has 1 spiro atoms. The summed E-state index contributed by atoms with van der Waals surface area (Å²) < 4.78 is 14.1. The highest BCUT2D eigenvalue weighted by molar-refractivity contribution is 6.42. The van der Waals surface area contributed by atoms with Crippen LogP contribution in [0.2, 0.25) is 10.0 Å². The monoisotopic (exact) mass is 433 g/mol. The number of fused-ring (bicyclic) bond motifs is 2. The minimum atomic E-state index is -0.250. The molecule has 7 heteroatoms. The Morgan fingerprint density at radius 3 is 2.52 bits per heavy atom. The van der Waals surface area contributed by atoms with Crippen molar-refractivity contribution in [2.24, 2.45) is 0 Å². The SMILES string of the molecule is O=C(Nc1ccc(Cl)c(Cl)c1)N1CC2(CCN(C3CC3)CC2)c2cc(F)ccc21. The van der Waals surface area contributed by atoms with Crippen LogP contribution in [0.3, 0.4) is 0 Å². The average Bonchev–Trinajstić information content (AvgIpc) is 3.50. The molecule has 1 N–H and O–H groups in total. The van der Waals surface area contributed by atoms with Crippen LogP contribution in [0.15, 0.2) is 36.4 Å². The maximum atomic E-state index is 14.1. The summed E-state index contributed by atoms with van der Waals surface area (Å²) in [6.07, 6.45) is 4.46. The first-order valence-corrected chi connectivity index (χ1v) is 10.8. The van der Waals surface area contributed by atoms with Crippen LogP contribution in [0.1, 0.15) is 31.2 Å². The number of benzene rings is 2. The Kier molecular flexibility index (Phi) is 4.72. The number of carbonyl (C=O) groups excluding carboxylic acids is 1. The summed E-state index contributed by atoms with van der Waals surface area (Å²) in [5.74, 6) is -0.250. The van der Waals surface area contributed by atoms with Crippen LogP contribution in [-0.2, 0) is 5.41 Å². The lowest BCUT2D eigenvalue weighted by Gasteiger charge is -2.40. The van der Waals surface area contributed by atoms with Crippen molar-refractivity contribution in [3.8, 4) is 0 Å². The second-order valence-electron chi connectivity index (χ2n) is 8.35. The maximum absolute atomic E-state index is 14.1. The van der Waals surface area contributed by atoms with E-state index < -0.39 is 0 Å². The van der Waals surface area contributed by atoms with Crippen molar-refractivity contribution in [1.29, 1.82) is 0 Å². The number of nitrogens with zero attached hydrogens (tertiary/aromatic N) is 2. The van der Waals surface area contributed by atoms with Crippen molar-refractivity contribution in [2.75, 3.05) is 29.9 Å². The Balaban J connectivity index is 1.41. The fourth-order valence-corrected chi connectivity index (χ4v) is 5.07. The van der Waals surface area contributed by atoms with Gasteiger partial charge in [0.1, 0.15) is 5.82 Å². The number of urea groups is 1. The summed E-state index contributed by atoms with van der Waals surface area (Å²) in [4.78, 5) is 17.4. The van der Waals surface area contributed by atoms with Gasteiger partial charge in [-0.1, -0.05) is 23.2 Å². The zero-order valence-corrected chi connectivity index (χ0v) is 17.4. The third kappa shape index (κ3) is 3.49. The van der Waals surface area contributed by atoms with Crippen LogP contribution in [0, 0.1) is 5.82 Å². The molecule has 1 saturated carbocycles. The van der Waals surface area contributed by atoms with Crippen molar-refractivity contribution >= 4 is 40.6 Å². The molecule has 2 aromatic carbocycles. The van der Waals surface area contributed by atoms with E-state index in [1.165, 1.54) is 18.9 Å². The molecule has 0 radical (unpaired) electrons. The van der Waals surface area contributed by atoms with Crippen molar-refractivity contribution in [3.05, 3.63) is 57.8 Å². The van der Waals surface area contributed by atoms with Crippen LogP contribution in [0.25, 0.3) is 0 Å². The Morgan fingerprint density at radius 1 is 1.07 bits per heavy atom. The molecule has 4 nitrogen and oxygen atoms in total. The molecule has 0 atom stereocenters. The molecule has 0 aromatic heterocycles. The molecule has 2 aromatic rings. The highest BCUT2D eigenvalue weighted by atomic mass is 35.5. The number of likely N-dealkylation sites (tertiary alicyclic amines) is 1. The van der Waals surface area contributed by atoms with E-state index in [0.29, 0.717) is 22.3 Å². The second-order valence-corrected chi connectivity index (χ2v) is 9.17. The van der Waals surface area contributed by atoms with Gasteiger partial charge in [-0.3, -0.25) is 4.90 Å². The van der Waals surface area contributed by atoms with E-state index in [2.05, 4.69) is 10.2 Å². The van der Waals surface area contributed by atoms with Crippen molar-refractivity contribution in [3.63, 3.8) is 0 Å². The summed E-state index contributed by atoms with van der Waals surface area (Å²) in [6, 6.07) is 10.3. The van der Waals surface area contributed by atoms with Gasteiger partial charge in [-0.25, -0.2) is 9.18 Å². The molecule has 2 amide bonds. The Labute approximate surface area is 179 Å². The van der Waals surface area contributed by atoms with Crippen LogP contribution in [0.4, 0.5) is 20.6 Å². The molecule has 5 rings (SSSR count). The molecule has 152 valence electrons. The van der Waals surface area contributed by atoms with Crippen molar-refractivity contribution in [1.82, 2.24) is 4.90 Å². The highest BCUT2D eigenvalue weighted by Crippen LogP contribution is 2.48. The van der Waals surface area contributed by atoms with Gasteiger partial charge in [-0.15, -0.1) is 0 Å². The number of rotatable bonds is 2. The Morgan fingerprint density at radius 2 is 1.83 bits per heavy atom. The van der Waals surface area contributed by atoms with E-state index in [9.17, 15) is 9.18 Å². The van der Waals surface area contributed by atoms with Crippen LogP contribution in [-0.4, -0.2) is 36.6 Å². The van der Waals surface area contributed by atoms with E-state index in [4.69, 9.17) is 23.2 Å². The lowest BCUT2D eigenvalue weighted by molar-refractivity contribution is 0.159. The van der Waals surface area contributed by atoms with Gasteiger partial charge in [0.15, 0.2) is 0 Å². The molecule has 0 unspecified atom stereocenters. The zero-order chi connectivity index (χ0) is 20.2. The van der Waals surface area contributed by atoms with Crippen LogP contribution >= 0.6 is 23.2 Å². The van der Waals surface area contributed by atoms with Crippen molar-refractivity contribution < 1.29 is 9.18 Å². The highest BCUT2D eigenvalue weighted by Gasteiger charge is 2.48. The van der Waals surface area contributed by atoms with Gasteiger partial charge in [0, 0.05) is 29.4 Å². The standard InChI is InChI=1S/C22H22Cl2FN3O/c23-18-5-2-15(12-19(18)24)26-21(29)28-13-22(17-11-14(25)1-6-20(17)28)7-9-27(10-8-22)16-3-4-16/h1-2,5-6,11-12,16H,3-4,7-10,13H2,(H,26,29). The van der Waals surface area contributed by atoms with Gasteiger partial charge in [0.05, 0.1) is 10.0 Å². The first kappa shape index (κ1) is 19.2. The van der Waals surface area contributed by atoms with E-state index >= 15 is 0 Å². The first-order valence-electron chi connectivity index (χ1n) is 10.0. The number of piperidine rings is 1. The quantitative estimate of drug-likeness (QED) is 0.660.